The van der Waals surface area contributed by atoms with Gasteiger partial charge in [0.1, 0.15) is 5.54 Å². The van der Waals surface area contributed by atoms with E-state index in [0.717, 1.165) is 0 Å². The topological polar surface area (TPSA) is 63.3 Å². The Kier molecular flexibility index (Phi) is 3.00. The molecule has 54 valence electrons. The molecule has 0 aromatic heterocycles. The number of carboxylic acid groups (broad SMARTS) is 1. The van der Waals surface area contributed by atoms with Gasteiger partial charge in [-0.1, -0.05) is 0 Å². The lowest BCUT2D eigenvalue weighted by molar-refractivity contribution is -0.142. The fourth-order valence-electron chi connectivity index (χ4n) is 0.339. The predicted octanol–water partition coefficient (Wildman–Crippen LogP) is 0.108. The summed E-state index contributed by atoms with van der Waals surface area (Å²) in [6.45, 7) is 1.48. The number of aliphatic carboxylic acids is 1. The second kappa shape index (κ2) is 3.08. The number of rotatable bonds is 3. The van der Waals surface area contributed by atoms with E-state index in [2.05, 4.69) is 12.6 Å². The third-order valence-electron chi connectivity index (χ3n) is 1.12. The highest BCUT2D eigenvalue weighted by molar-refractivity contribution is 7.80. The van der Waals surface area contributed by atoms with Crippen LogP contribution >= 0.6 is 12.6 Å². The first kappa shape index (κ1) is 8.78. The van der Waals surface area contributed by atoms with Gasteiger partial charge in [-0.05, 0) is 19.1 Å². The Balaban J connectivity index is 3.85. The quantitative estimate of drug-likeness (QED) is 0.499. The van der Waals surface area contributed by atoms with Crippen molar-refractivity contribution in [3.63, 3.8) is 0 Å². The predicted molar refractivity (Wildman–Crippen MR) is 38.7 cm³/mol. The summed E-state index contributed by atoms with van der Waals surface area (Å²) in [5, 5.41) is 8.41. The zero-order chi connectivity index (χ0) is 7.49. The molecule has 1 atom stereocenters. The maximum absolute atomic E-state index is 10.3. The molecule has 0 heterocycles. The number of thiol groups is 1. The summed E-state index contributed by atoms with van der Waals surface area (Å²) < 4.78 is 0. The number of hydrogen-bond donors (Lipinski definition) is 3. The van der Waals surface area contributed by atoms with Crippen molar-refractivity contribution in [1.82, 2.24) is 0 Å². The van der Waals surface area contributed by atoms with Gasteiger partial charge in [-0.3, -0.25) is 4.79 Å². The minimum absolute atomic E-state index is 0.394. The molecule has 3 N–H and O–H groups in total. The van der Waals surface area contributed by atoms with Crippen LogP contribution in [-0.4, -0.2) is 22.4 Å². The first-order chi connectivity index (χ1) is 4.00. The zero-order valence-electron chi connectivity index (χ0n) is 5.29. The molecule has 0 radical (unpaired) electrons. The lowest BCUT2D eigenvalue weighted by Crippen LogP contribution is -2.45. The summed E-state index contributed by atoms with van der Waals surface area (Å²) >= 11 is 3.87. The Hall–Kier alpha value is -0.220. The van der Waals surface area contributed by atoms with Crippen molar-refractivity contribution in [3.05, 3.63) is 0 Å². The zero-order valence-corrected chi connectivity index (χ0v) is 6.19. The molecule has 0 aliphatic rings. The van der Waals surface area contributed by atoms with Crippen molar-refractivity contribution in [3.8, 4) is 0 Å². The van der Waals surface area contributed by atoms with Crippen LogP contribution in [0.5, 0.6) is 0 Å². The van der Waals surface area contributed by atoms with E-state index in [1.165, 1.54) is 6.92 Å². The summed E-state index contributed by atoms with van der Waals surface area (Å²) in [4.78, 5) is 10.3. The van der Waals surface area contributed by atoms with Crippen LogP contribution in [0.25, 0.3) is 0 Å². The molecule has 0 fully saturated rings. The highest BCUT2D eigenvalue weighted by Gasteiger charge is 2.26. The van der Waals surface area contributed by atoms with E-state index in [4.69, 9.17) is 10.8 Å². The SMILES string of the molecule is CC(N)(CCS)C(=O)O. The van der Waals surface area contributed by atoms with Crippen LogP contribution in [-0.2, 0) is 4.79 Å². The van der Waals surface area contributed by atoms with Gasteiger partial charge in [0.2, 0.25) is 0 Å². The van der Waals surface area contributed by atoms with Crippen molar-refractivity contribution >= 4 is 18.6 Å². The Labute approximate surface area is 59.6 Å². The summed E-state index contributed by atoms with van der Waals surface area (Å²) in [7, 11) is 0. The van der Waals surface area contributed by atoms with Gasteiger partial charge < -0.3 is 10.8 Å². The Morgan fingerprint density at radius 1 is 1.89 bits per heavy atom. The van der Waals surface area contributed by atoms with E-state index in [1.54, 1.807) is 0 Å². The highest BCUT2D eigenvalue weighted by Crippen LogP contribution is 2.05. The third kappa shape index (κ3) is 2.72. The number of hydrogen-bond acceptors (Lipinski definition) is 3. The van der Waals surface area contributed by atoms with Gasteiger partial charge in [-0.2, -0.15) is 12.6 Å². The Bertz CT molecular complexity index is 114. The molecular weight excluding hydrogens is 138 g/mol. The van der Waals surface area contributed by atoms with Gasteiger partial charge in [-0.25, -0.2) is 0 Å². The van der Waals surface area contributed by atoms with Crippen molar-refractivity contribution in [2.24, 2.45) is 5.73 Å². The van der Waals surface area contributed by atoms with E-state index in [0.29, 0.717) is 12.2 Å². The first-order valence-corrected chi connectivity index (χ1v) is 3.27. The molecule has 0 aliphatic heterocycles. The first-order valence-electron chi connectivity index (χ1n) is 2.64. The summed E-state index contributed by atoms with van der Waals surface area (Å²) in [5.41, 5.74) is 4.21. The molecule has 0 aromatic carbocycles. The minimum Gasteiger partial charge on any atom is -0.480 e. The fraction of sp³-hybridized carbons (Fsp3) is 0.800. The lowest BCUT2D eigenvalue weighted by Gasteiger charge is -2.16. The van der Waals surface area contributed by atoms with E-state index in [-0.39, 0.29) is 0 Å². The average molecular weight is 149 g/mol. The second-order valence-electron chi connectivity index (χ2n) is 2.20. The van der Waals surface area contributed by atoms with Crippen molar-refractivity contribution < 1.29 is 9.90 Å². The maximum atomic E-state index is 10.3. The molecule has 0 bridgehead atoms. The maximum Gasteiger partial charge on any atom is 0.323 e. The van der Waals surface area contributed by atoms with E-state index in [1.807, 2.05) is 0 Å². The van der Waals surface area contributed by atoms with E-state index < -0.39 is 11.5 Å². The highest BCUT2D eigenvalue weighted by atomic mass is 32.1. The van der Waals surface area contributed by atoms with Crippen molar-refractivity contribution in [1.29, 1.82) is 0 Å². The Morgan fingerprint density at radius 2 is 2.33 bits per heavy atom. The molecule has 0 aliphatic carbocycles. The normalized spacial score (nSPS) is 16.8. The minimum atomic E-state index is -1.11. The third-order valence-corrected chi connectivity index (χ3v) is 1.34. The lowest BCUT2D eigenvalue weighted by atomic mass is 10.0. The van der Waals surface area contributed by atoms with Gasteiger partial charge in [0.25, 0.3) is 0 Å². The van der Waals surface area contributed by atoms with Crippen LogP contribution in [0.1, 0.15) is 13.3 Å². The molecule has 0 aromatic rings. The molecule has 9 heavy (non-hydrogen) atoms. The summed E-state index contributed by atoms with van der Waals surface area (Å²) in [6.07, 6.45) is 0.394. The van der Waals surface area contributed by atoms with E-state index >= 15 is 0 Å². The van der Waals surface area contributed by atoms with Crippen LogP contribution in [0.4, 0.5) is 0 Å². The van der Waals surface area contributed by atoms with Gasteiger partial charge in [0, 0.05) is 0 Å². The second-order valence-corrected chi connectivity index (χ2v) is 2.64. The number of carbonyl (C=O) groups is 1. The summed E-state index contributed by atoms with van der Waals surface area (Å²) in [5.74, 6) is -0.476. The van der Waals surface area contributed by atoms with Crippen LogP contribution < -0.4 is 5.73 Å². The Morgan fingerprint density at radius 3 is 2.44 bits per heavy atom. The fourth-order valence-corrected chi connectivity index (χ4v) is 0.804. The van der Waals surface area contributed by atoms with E-state index in [9.17, 15) is 4.79 Å². The molecule has 3 nitrogen and oxygen atoms in total. The molecular formula is C5H11NO2S. The molecule has 0 spiro atoms. The van der Waals surface area contributed by atoms with Gasteiger partial charge in [-0.15, -0.1) is 0 Å². The monoisotopic (exact) mass is 149 g/mol. The van der Waals surface area contributed by atoms with Gasteiger partial charge in [0.15, 0.2) is 0 Å². The van der Waals surface area contributed by atoms with Gasteiger partial charge >= 0.3 is 5.97 Å². The smallest absolute Gasteiger partial charge is 0.323 e. The van der Waals surface area contributed by atoms with Crippen molar-refractivity contribution in [2.45, 2.75) is 18.9 Å². The number of carboxylic acids is 1. The average Bonchev–Trinajstić information content (AvgIpc) is 1.65. The largest absolute Gasteiger partial charge is 0.480 e. The van der Waals surface area contributed by atoms with Crippen LogP contribution in [0.3, 0.4) is 0 Å². The standard InChI is InChI=1S/C5H11NO2S/c1-5(6,2-3-9)4(7)8/h9H,2-3,6H2,1H3,(H,7,8). The van der Waals surface area contributed by atoms with Gasteiger partial charge in [0.05, 0.1) is 0 Å². The molecule has 0 amide bonds. The summed E-state index contributed by atoms with van der Waals surface area (Å²) in [6, 6.07) is 0. The molecule has 4 heteroatoms. The van der Waals surface area contributed by atoms with Crippen LogP contribution in [0.15, 0.2) is 0 Å². The molecule has 1 unspecified atom stereocenters. The molecule has 0 saturated heterocycles. The van der Waals surface area contributed by atoms with Crippen LogP contribution in [0, 0.1) is 0 Å². The molecule has 0 rings (SSSR count). The van der Waals surface area contributed by atoms with Crippen LogP contribution in [0.2, 0.25) is 0 Å². The van der Waals surface area contributed by atoms with Crippen molar-refractivity contribution in [2.75, 3.05) is 5.75 Å². The number of nitrogens with two attached hydrogens (primary N) is 1. The molecule has 0 saturated carbocycles.